The summed E-state index contributed by atoms with van der Waals surface area (Å²) in [5.74, 6) is -0.665. The van der Waals surface area contributed by atoms with E-state index in [1.54, 1.807) is 30.0 Å². The fourth-order valence-electron chi connectivity index (χ4n) is 2.74. The molecule has 23 heavy (non-hydrogen) atoms. The summed E-state index contributed by atoms with van der Waals surface area (Å²) in [6.07, 6.45) is 1.54. The number of rotatable bonds is 5. The fraction of sp³-hybridized carbons (Fsp3) is 0.529. The van der Waals surface area contributed by atoms with Gasteiger partial charge in [0.25, 0.3) is 0 Å². The smallest absolute Gasteiger partial charge is 0.309 e. The van der Waals surface area contributed by atoms with Crippen molar-refractivity contribution in [1.29, 1.82) is 0 Å². The normalized spacial score (nSPS) is 16.9. The molecule has 126 valence electrons. The summed E-state index contributed by atoms with van der Waals surface area (Å²) in [6, 6.07) is 6.46. The molecule has 0 spiro atoms. The van der Waals surface area contributed by atoms with Crippen LogP contribution in [0.25, 0.3) is 0 Å². The van der Waals surface area contributed by atoms with Crippen molar-refractivity contribution in [1.82, 2.24) is 4.90 Å². The average Bonchev–Trinajstić information content (AvgIpc) is 2.56. The molecule has 0 aliphatic carbocycles. The minimum absolute atomic E-state index is 0.0597. The minimum Gasteiger partial charge on any atom is -0.466 e. The highest BCUT2D eigenvalue weighted by atomic mass is 79.9. The molecule has 1 aromatic rings. The largest absolute Gasteiger partial charge is 0.466 e. The molecule has 0 saturated carbocycles. The molecular weight excluding hydrogens is 365 g/mol. The molecule has 1 saturated heterocycles. The highest BCUT2D eigenvalue weighted by Gasteiger charge is 2.30. The summed E-state index contributed by atoms with van der Waals surface area (Å²) in [7, 11) is 0. The van der Waals surface area contributed by atoms with E-state index in [0.29, 0.717) is 44.5 Å². The third kappa shape index (κ3) is 4.77. The molecule has 0 N–H and O–H groups in total. The van der Waals surface area contributed by atoms with E-state index in [0.717, 1.165) is 0 Å². The number of hydrogen-bond acceptors (Lipinski definition) is 3. The molecule has 1 fully saturated rings. The van der Waals surface area contributed by atoms with Gasteiger partial charge < -0.3 is 9.64 Å². The van der Waals surface area contributed by atoms with Crippen LogP contribution in [0.15, 0.2) is 24.3 Å². The van der Waals surface area contributed by atoms with Gasteiger partial charge in [-0.2, -0.15) is 0 Å². The predicted octanol–water partition coefficient (Wildman–Crippen LogP) is 2.93. The zero-order chi connectivity index (χ0) is 16.8. The van der Waals surface area contributed by atoms with Crippen molar-refractivity contribution in [3.05, 3.63) is 35.6 Å². The van der Waals surface area contributed by atoms with Gasteiger partial charge in [-0.15, -0.1) is 0 Å². The third-order valence-corrected chi connectivity index (χ3v) is 4.77. The third-order valence-electron chi connectivity index (χ3n) is 4.05. The van der Waals surface area contributed by atoms with Gasteiger partial charge >= 0.3 is 5.97 Å². The maximum Gasteiger partial charge on any atom is 0.309 e. The quantitative estimate of drug-likeness (QED) is 0.578. The standard InChI is InChI=1S/C17H21BrFNO3/c1-2-23-17(22)12-7-9-20(10-8-12)16(21)14(18)11-13-5-3-4-6-15(13)19/h3-6,12,14H,2,7-11H2,1H3. The van der Waals surface area contributed by atoms with Crippen molar-refractivity contribution < 1.29 is 18.7 Å². The maximum absolute atomic E-state index is 13.7. The first-order chi connectivity index (χ1) is 11.0. The van der Waals surface area contributed by atoms with Crippen LogP contribution in [-0.4, -0.2) is 41.3 Å². The Morgan fingerprint density at radius 1 is 1.35 bits per heavy atom. The number of alkyl halides is 1. The molecule has 0 aromatic heterocycles. The molecule has 2 rings (SSSR count). The number of nitrogens with zero attached hydrogens (tertiary/aromatic N) is 1. The van der Waals surface area contributed by atoms with Crippen LogP contribution in [0.4, 0.5) is 4.39 Å². The Morgan fingerprint density at radius 3 is 2.61 bits per heavy atom. The van der Waals surface area contributed by atoms with Crippen molar-refractivity contribution >= 4 is 27.8 Å². The lowest BCUT2D eigenvalue weighted by atomic mass is 9.96. The van der Waals surface area contributed by atoms with Crippen molar-refractivity contribution in [2.24, 2.45) is 5.92 Å². The summed E-state index contributed by atoms with van der Waals surface area (Å²) in [5, 5.41) is 0. The summed E-state index contributed by atoms with van der Waals surface area (Å²) in [5.41, 5.74) is 0.518. The van der Waals surface area contributed by atoms with Gasteiger partial charge in [-0.1, -0.05) is 34.1 Å². The number of carbonyl (C=O) groups excluding carboxylic acids is 2. The van der Waals surface area contributed by atoms with Gasteiger partial charge in [-0.05, 0) is 37.8 Å². The van der Waals surface area contributed by atoms with E-state index in [1.807, 2.05) is 0 Å². The molecule has 6 heteroatoms. The highest BCUT2D eigenvalue weighted by molar-refractivity contribution is 9.10. The second-order valence-electron chi connectivity index (χ2n) is 5.61. The Balaban J connectivity index is 1.87. The van der Waals surface area contributed by atoms with E-state index in [4.69, 9.17) is 4.74 Å². The molecule has 0 bridgehead atoms. The Hall–Kier alpha value is -1.43. The molecule has 1 aliphatic rings. The van der Waals surface area contributed by atoms with E-state index in [2.05, 4.69) is 15.9 Å². The first kappa shape index (κ1) is 17.9. The van der Waals surface area contributed by atoms with Crippen molar-refractivity contribution in [2.75, 3.05) is 19.7 Å². The molecule has 1 atom stereocenters. The number of benzene rings is 1. The van der Waals surface area contributed by atoms with Gasteiger partial charge in [0.15, 0.2) is 0 Å². The van der Waals surface area contributed by atoms with Crippen LogP contribution in [0.3, 0.4) is 0 Å². The Bertz CT molecular complexity index is 559. The van der Waals surface area contributed by atoms with E-state index >= 15 is 0 Å². The minimum atomic E-state index is -0.460. The number of likely N-dealkylation sites (tertiary alicyclic amines) is 1. The molecule has 4 nitrogen and oxygen atoms in total. The number of ether oxygens (including phenoxy) is 1. The molecule has 1 heterocycles. The second-order valence-corrected chi connectivity index (χ2v) is 6.72. The van der Waals surface area contributed by atoms with E-state index in [9.17, 15) is 14.0 Å². The van der Waals surface area contributed by atoms with Gasteiger partial charge in [-0.3, -0.25) is 9.59 Å². The van der Waals surface area contributed by atoms with Gasteiger partial charge in [-0.25, -0.2) is 4.39 Å². The topological polar surface area (TPSA) is 46.6 Å². The molecule has 1 aromatic carbocycles. The Labute approximate surface area is 144 Å². The fourth-order valence-corrected chi connectivity index (χ4v) is 3.38. The summed E-state index contributed by atoms with van der Waals surface area (Å²) < 4.78 is 18.7. The van der Waals surface area contributed by atoms with Gasteiger partial charge in [0.1, 0.15) is 5.82 Å². The maximum atomic E-state index is 13.7. The number of piperidine rings is 1. The molecule has 0 radical (unpaired) electrons. The SMILES string of the molecule is CCOC(=O)C1CCN(C(=O)C(Br)Cc2ccccc2F)CC1. The molecular formula is C17H21BrFNO3. The first-order valence-electron chi connectivity index (χ1n) is 7.85. The monoisotopic (exact) mass is 385 g/mol. The van der Waals surface area contributed by atoms with Gasteiger partial charge in [0.05, 0.1) is 17.4 Å². The summed E-state index contributed by atoms with van der Waals surface area (Å²) in [6.45, 7) is 3.22. The van der Waals surface area contributed by atoms with Crippen LogP contribution in [0.1, 0.15) is 25.3 Å². The molecule has 1 unspecified atom stereocenters. The second kappa shape index (κ2) is 8.43. The Morgan fingerprint density at radius 2 is 2.00 bits per heavy atom. The zero-order valence-corrected chi connectivity index (χ0v) is 14.7. The summed E-state index contributed by atoms with van der Waals surface area (Å²) >= 11 is 3.37. The van der Waals surface area contributed by atoms with Crippen LogP contribution < -0.4 is 0 Å². The van der Waals surface area contributed by atoms with Crippen LogP contribution >= 0.6 is 15.9 Å². The van der Waals surface area contributed by atoms with Crippen LogP contribution in [0.2, 0.25) is 0 Å². The number of halogens is 2. The lowest BCUT2D eigenvalue weighted by Gasteiger charge is -2.32. The lowest BCUT2D eigenvalue weighted by molar-refractivity contribution is -0.151. The van der Waals surface area contributed by atoms with Crippen LogP contribution in [0, 0.1) is 11.7 Å². The molecule has 1 amide bonds. The van der Waals surface area contributed by atoms with Crippen molar-refractivity contribution in [3.8, 4) is 0 Å². The van der Waals surface area contributed by atoms with E-state index in [1.165, 1.54) is 6.07 Å². The van der Waals surface area contributed by atoms with Gasteiger partial charge in [0, 0.05) is 13.1 Å². The first-order valence-corrected chi connectivity index (χ1v) is 8.77. The Kier molecular flexibility index (Phi) is 6.57. The number of carbonyl (C=O) groups is 2. The van der Waals surface area contributed by atoms with Gasteiger partial charge in [0.2, 0.25) is 5.91 Å². The lowest BCUT2D eigenvalue weighted by Crippen LogP contribution is -2.44. The number of esters is 1. The highest BCUT2D eigenvalue weighted by Crippen LogP contribution is 2.22. The summed E-state index contributed by atoms with van der Waals surface area (Å²) in [4.78, 5) is 25.4. The number of amides is 1. The zero-order valence-electron chi connectivity index (χ0n) is 13.1. The average molecular weight is 386 g/mol. The number of hydrogen-bond donors (Lipinski definition) is 0. The van der Waals surface area contributed by atoms with E-state index in [-0.39, 0.29) is 23.6 Å². The van der Waals surface area contributed by atoms with Crippen LogP contribution in [-0.2, 0) is 20.7 Å². The predicted molar refractivity (Wildman–Crippen MR) is 88.8 cm³/mol. The van der Waals surface area contributed by atoms with E-state index < -0.39 is 4.83 Å². The molecule has 1 aliphatic heterocycles. The van der Waals surface area contributed by atoms with Crippen molar-refractivity contribution in [3.63, 3.8) is 0 Å². The van der Waals surface area contributed by atoms with Crippen LogP contribution in [0.5, 0.6) is 0 Å². The van der Waals surface area contributed by atoms with Crippen molar-refractivity contribution in [2.45, 2.75) is 31.0 Å².